The minimum Gasteiger partial charge on any atom is -0.464 e. The average Bonchev–Trinajstić information content (AvgIpc) is 3.10. The number of hydrogen-bond acceptors (Lipinski definition) is 5. The molecule has 0 aliphatic carbocycles. The number of carbonyl (C=O) groups excluding carboxylic acids is 2. The minimum atomic E-state index is -1.74. The fraction of sp³-hybridized carbons (Fsp3) is 0.238. The first-order valence-corrected chi connectivity index (χ1v) is 9.27. The maximum atomic E-state index is 12.6. The third-order valence-electron chi connectivity index (χ3n) is 4.71. The molecule has 3 N–H and O–H groups in total. The Morgan fingerprint density at radius 3 is 2.48 bits per heavy atom. The van der Waals surface area contributed by atoms with E-state index in [1.54, 1.807) is 44.6 Å². The highest BCUT2D eigenvalue weighted by atomic mass is 16.4. The molecule has 2 amide bonds. The van der Waals surface area contributed by atoms with Crippen LogP contribution >= 0.6 is 0 Å². The summed E-state index contributed by atoms with van der Waals surface area (Å²) in [5.74, 6) is -1.52. The monoisotopic (exact) mass is 394 g/mol. The van der Waals surface area contributed by atoms with Crippen LogP contribution in [-0.4, -0.2) is 53.9 Å². The summed E-state index contributed by atoms with van der Waals surface area (Å²) in [6.45, 7) is 0. The summed E-state index contributed by atoms with van der Waals surface area (Å²) in [6, 6.07) is 14.3. The van der Waals surface area contributed by atoms with Crippen molar-refractivity contribution in [3.8, 4) is 0 Å². The Kier molecular flexibility index (Phi) is 6.36. The number of hydrogen-bond donors (Lipinski definition) is 3. The molecule has 1 unspecified atom stereocenters. The lowest BCUT2D eigenvalue weighted by Crippen LogP contribution is -2.48. The Morgan fingerprint density at radius 2 is 1.76 bits per heavy atom. The molecule has 29 heavy (non-hydrogen) atoms. The van der Waals surface area contributed by atoms with Crippen LogP contribution < -0.4 is 5.32 Å². The van der Waals surface area contributed by atoms with Crippen LogP contribution in [0.2, 0.25) is 0 Å². The smallest absolute Gasteiger partial charge is 0.464 e. The molecule has 0 saturated heterocycles. The number of rotatable bonds is 7. The molecule has 7 nitrogen and oxygen atoms in total. The number of nitrogens with one attached hydrogen (secondary N) is 1. The largest absolute Gasteiger partial charge is 0.475 e. The fourth-order valence-electron chi connectivity index (χ4n) is 3.21. The molecule has 0 fully saturated rings. The molecule has 0 spiro atoms. The van der Waals surface area contributed by atoms with Crippen molar-refractivity contribution in [3.63, 3.8) is 0 Å². The second-order valence-electron chi connectivity index (χ2n) is 7.08. The molecule has 1 aromatic heterocycles. The van der Waals surface area contributed by atoms with Crippen LogP contribution in [-0.2, 0) is 17.6 Å². The van der Waals surface area contributed by atoms with Gasteiger partial charge in [-0.15, -0.1) is 0 Å². The highest BCUT2D eigenvalue weighted by Gasteiger charge is 2.27. The van der Waals surface area contributed by atoms with Crippen molar-refractivity contribution in [1.29, 1.82) is 0 Å². The van der Waals surface area contributed by atoms with E-state index in [4.69, 9.17) is 4.42 Å². The SMILES string of the molecule is CN(C)C(=O)c1ccccc1CC(=O)NC(Cc1coc2ccccc12)B(O)O. The number of benzene rings is 2. The maximum Gasteiger partial charge on any atom is 0.475 e. The van der Waals surface area contributed by atoms with Gasteiger partial charge in [0.2, 0.25) is 5.91 Å². The molecule has 3 rings (SSSR count). The van der Waals surface area contributed by atoms with E-state index >= 15 is 0 Å². The Labute approximate surface area is 169 Å². The quantitative estimate of drug-likeness (QED) is 0.526. The van der Waals surface area contributed by atoms with Crippen molar-refractivity contribution in [2.24, 2.45) is 0 Å². The molecule has 1 atom stereocenters. The number of para-hydroxylation sites is 1. The van der Waals surface area contributed by atoms with Crippen LogP contribution in [0.4, 0.5) is 0 Å². The molecular formula is C21H23BN2O5. The van der Waals surface area contributed by atoms with E-state index in [0.29, 0.717) is 16.7 Å². The summed E-state index contributed by atoms with van der Waals surface area (Å²) in [5.41, 5.74) is 2.47. The van der Waals surface area contributed by atoms with Gasteiger partial charge in [0.15, 0.2) is 0 Å². The van der Waals surface area contributed by atoms with Crippen molar-refractivity contribution >= 4 is 29.9 Å². The first kappa shape index (κ1) is 20.6. The van der Waals surface area contributed by atoms with Crippen LogP contribution in [0.25, 0.3) is 11.0 Å². The minimum absolute atomic E-state index is 0.0505. The molecule has 2 aromatic carbocycles. The summed E-state index contributed by atoms with van der Waals surface area (Å²) in [6.07, 6.45) is 1.70. The van der Waals surface area contributed by atoms with E-state index in [1.165, 1.54) is 4.90 Å². The summed E-state index contributed by atoms with van der Waals surface area (Å²) in [4.78, 5) is 26.3. The van der Waals surface area contributed by atoms with Gasteiger partial charge >= 0.3 is 7.12 Å². The molecule has 3 aromatic rings. The van der Waals surface area contributed by atoms with E-state index in [-0.39, 0.29) is 18.7 Å². The molecule has 0 bridgehead atoms. The number of fused-ring (bicyclic) bond motifs is 1. The van der Waals surface area contributed by atoms with Crippen molar-refractivity contribution in [2.45, 2.75) is 18.8 Å². The van der Waals surface area contributed by atoms with E-state index < -0.39 is 19.0 Å². The van der Waals surface area contributed by atoms with E-state index in [1.807, 2.05) is 24.3 Å². The highest BCUT2D eigenvalue weighted by molar-refractivity contribution is 6.43. The lowest BCUT2D eigenvalue weighted by molar-refractivity contribution is -0.120. The predicted molar refractivity (Wildman–Crippen MR) is 110 cm³/mol. The molecule has 0 aliphatic heterocycles. The molecule has 8 heteroatoms. The second kappa shape index (κ2) is 8.94. The van der Waals surface area contributed by atoms with Crippen LogP contribution in [0.1, 0.15) is 21.5 Å². The van der Waals surface area contributed by atoms with Crippen LogP contribution in [0.5, 0.6) is 0 Å². The lowest BCUT2D eigenvalue weighted by atomic mass is 9.75. The third-order valence-corrected chi connectivity index (χ3v) is 4.71. The second-order valence-corrected chi connectivity index (χ2v) is 7.08. The number of amides is 2. The summed E-state index contributed by atoms with van der Waals surface area (Å²) < 4.78 is 5.48. The van der Waals surface area contributed by atoms with Gasteiger partial charge in [0.1, 0.15) is 5.58 Å². The van der Waals surface area contributed by atoms with Gasteiger partial charge in [-0.1, -0.05) is 36.4 Å². The van der Waals surface area contributed by atoms with Crippen molar-refractivity contribution < 1.29 is 24.1 Å². The first-order valence-electron chi connectivity index (χ1n) is 9.27. The zero-order valence-electron chi connectivity index (χ0n) is 16.3. The van der Waals surface area contributed by atoms with E-state index in [2.05, 4.69) is 5.32 Å². The molecule has 150 valence electrons. The Hall–Kier alpha value is -3.10. The zero-order chi connectivity index (χ0) is 21.0. The van der Waals surface area contributed by atoms with Crippen LogP contribution in [0.3, 0.4) is 0 Å². The van der Waals surface area contributed by atoms with Crippen molar-refractivity contribution in [1.82, 2.24) is 10.2 Å². The zero-order valence-corrected chi connectivity index (χ0v) is 16.3. The van der Waals surface area contributed by atoms with Crippen LogP contribution in [0, 0.1) is 0 Å². The van der Waals surface area contributed by atoms with Gasteiger partial charge in [-0.3, -0.25) is 9.59 Å². The number of carbonyl (C=O) groups is 2. The molecule has 0 aliphatic rings. The predicted octanol–water partition coefficient (Wildman–Crippen LogP) is 1.42. The van der Waals surface area contributed by atoms with Gasteiger partial charge in [0.05, 0.1) is 18.6 Å². The summed E-state index contributed by atoms with van der Waals surface area (Å²) in [7, 11) is 1.55. The topological polar surface area (TPSA) is 103 Å². The van der Waals surface area contributed by atoms with Gasteiger partial charge < -0.3 is 24.7 Å². The van der Waals surface area contributed by atoms with Gasteiger partial charge in [0.25, 0.3) is 5.91 Å². The van der Waals surface area contributed by atoms with Crippen molar-refractivity contribution in [2.75, 3.05) is 14.1 Å². The third kappa shape index (κ3) is 4.85. The van der Waals surface area contributed by atoms with Gasteiger partial charge in [-0.25, -0.2) is 0 Å². The summed E-state index contributed by atoms with van der Waals surface area (Å²) >= 11 is 0. The lowest BCUT2D eigenvalue weighted by Gasteiger charge is -2.18. The molecule has 0 saturated carbocycles. The maximum absolute atomic E-state index is 12.6. The van der Waals surface area contributed by atoms with Gasteiger partial charge in [0, 0.05) is 25.0 Å². The Morgan fingerprint density at radius 1 is 1.07 bits per heavy atom. The van der Waals surface area contributed by atoms with Gasteiger partial charge in [-0.2, -0.15) is 0 Å². The van der Waals surface area contributed by atoms with Gasteiger partial charge in [-0.05, 0) is 29.7 Å². The standard InChI is InChI=1S/C21H23BN2O5/c1-24(2)21(26)17-9-4-3-7-14(17)12-20(25)23-19(22(27)28)11-15-13-29-18-10-6-5-8-16(15)18/h3-10,13,19,27-28H,11-12H2,1-2H3,(H,23,25). The first-order chi connectivity index (χ1) is 13.9. The summed E-state index contributed by atoms with van der Waals surface area (Å²) in [5, 5.41) is 23.0. The molecule has 0 radical (unpaired) electrons. The van der Waals surface area contributed by atoms with Crippen LogP contribution in [0.15, 0.2) is 59.2 Å². The highest BCUT2D eigenvalue weighted by Crippen LogP contribution is 2.22. The number of furan rings is 1. The van der Waals surface area contributed by atoms with E-state index in [9.17, 15) is 19.6 Å². The average molecular weight is 394 g/mol. The fourth-order valence-corrected chi connectivity index (χ4v) is 3.21. The van der Waals surface area contributed by atoms with E-state index in [0.717, 1.165) is 10.9 Å². The normalized spacial score (nSPS) is 11.9. The van der Waals surface area contributed by atoms with Crippen molar-refractivity contribution in [3.05, 3.63) is 71.5 Å². The molecular weight excluding hydrogens is 371 g/mol. The Bertz CT molecular complexity index is 1010. The molecule has 1 heterocycles. The number of nitrogens with zero attached hydrogens (tertiary/aromatic N) is 1. The Balaban J connectivity index is 1.73.